The zero-order chi connectivity index (χ0) is 12.8. The molecule has 0 aliphatic carbocycles. The molecular formula is C13H11N3O2. The van der Waals surface area contributed by atoms with Crippen LogP contribution in [0.5, 0.6) is 0 Å². The van der Waals surface area contributed by atoms with Crippen molar-refractivity contribution >= 4 is 11.6 Å². The van der Waals surface area contributed by atoms with Crippen molar-refractivity contribution in [3.8, 4) is 11.8 Å². The Bertz CT molecular complexity index is 594. The molecule has 0 aliphatic rings. The minimum Gasteiger partial charge on any atom is -0.351 e. The van der Waals surface area contributed by atoms with Gasteiger partial charge in [-0.2, -0.15) is 0 Å². The first-order valence-electron chi connectivity index (χ1n) is 5.30. The maximum atomic E-state index is 11.7. The lowest BCUT2D eigenvalue weighted by atomic mass is 10.2. The molecule has 2 rings (SSSR count). The number of rotatable bonds is 2. The van der Waals surface area contributed by atoms with E-state index in [4.69, 9.17) is 10.3 Å². The lowest BCUT2D eigenvalue weighted by molar-refractivity contribution is 0.0988. The predicted molar refractivity (Wildman–Crippen MR) is 66.8 cm³/mol. The maximum Gasteiger partial charge on any atom is 0.294 e. The third-order valence-corrected chi connectivity index (χ3v) is 2.12. The Hall–Kier alpha value is -2.58. The zero-order valence-corrected chi connectivity index (χ0v) is 9.51. The minimum absolute atomic E-state index is 0.161. The van der Waals surface area contributed by atoms with Crippen molar-refractivity contribution < 1.29 is 9.32 Å². The van der Waals surface area contributed by atoms with Crippen LogP contribution >= 0.6 is 0 Å². The number of anilines is 1. The number of hydrogen-bond acceptors (Lipinski definition) is 4. The summed E-state index contributed by atoms with van der Waals surface area (Å²) in [6, 6.07) is 8.66. The average molecular weight is 241 g/mol. The molecule has 5 heteroatoms. The van der Waals surface area contributed by atoms with E-state index >= 15 is 0 Å². The molecule has 90 valence electrons. The molecule has 0 radical (unpaired) electrons. The summed E-state index contributed by atoms with van der Waals surface area (Å²) in [5.41, 5.74) is 6.72. The van der Waals surface area contributed by atoms with Crippen LogP contribution < -0.4 is 11.1 Å². The van der Waals surface area contributed by atoms with Gasteiger partial charge < -0.3 is 15.6 Å². The van der Waals surface area contributed by atoms with E-state index in [1.54, 1.807) is 18.2 Å². The molecule has 2 aromatic rings. The van der Waals surface area contributed by atoms with E-state index in [0.29, 0.717) is 12.2 Å². The third-order valence-electron chi connectivity index (χ3n) is 2.12. The van der Waals surface area contributed by atoms with Gasteiger partial charge in [0.05, 0.1) is 12.7 Å². The number of aromatic nitrogens is 1. The van der Waals surface area contributed by atoms with Crippen LogP contribution in [0.2, 0.25) is 0 Å². The smallest absolute Gasteiger partial charge is 0.294 e. The fraction of sp³-hybridized carbons (Fsp3) is 0.0769. The van der Waals surface area contributed by atoms with E-state index < -0.39 is 0 Å². The first-order valence-corrected chi connectivity index (χ1v) is 5.30. The highest BCUT2D eigenvalue weighted by molar-refractivity contribution is 6.02. The Morgan fingerprint density at radius 2 is 2.33 bits per heavy atom. The van der Waals surface area contributed by atoms with Gasteiger partial charge in [0, 0.05) is 17.3 Å². The van der Waals surface area contributed by atoms with Gasteiger partial charge in [-0.05, 0) is 18.2 Å². The number of carbonyl (C=O) groups is 1. The molecule has 0 saturated carbocycles. The summed E-state index contributed by atoms with van der Waals surface area (Å²) in [6.07, 6.45) is 1.41. The molecule has 0 bridgehead atoms. The molecule has 0 atom stereocenters. The molecular weight excluding hydrogens is 230 g/mol. The van der Waals surface area contributed by atoms with Gasteiger partial charge in [0.15, 0.2) is 0 Å². The van der Waals surface area contributed by atoms with E-state index in [0.717, 1.165) is 5.56 Å². The average Bonchev–Trinajstić information content (AvgIpc) is 2.91. The van der Waals surface area contributed by atoms with Crippen LogP contribution in [0.4, 0.5) is 5.69 Å². The Kier molecular flexibility index (Phi) is 3.74. The van der Waals surface area contributed by atoms with E-state index in [9.17, 15) is 4.79 Å². The van der Waals surface area contributed by atoms with E-state index in [2.05, 4.69) is 22.3 Å². The molecule has 1 heterocycles. The number of nitrogens with one attached hydrogen (secondary N) is 1. The van der Waals surface area contributed by atoms with Gasteiger partial charge in [-0.3, -0.25) is 4.79 Å². The van der Waals surface area contributed by atoms with Crippen LogP contribution in [-0.2, 0) is 0 Å². The fourth-order valence-electron chi connectivity index (χ4n) is 1.35. The molecule has 0 unspecified atom stereocenters. The maximum absolute atomic E-state index is 11.7. The SMILES string of the molecule is NCC#Cc1cccc(NC(=O)c2ccno2)c1. The lowest BCUT2D eigenvalue weighted by Crippen LogP contribution is -2.10. The van der Waals surface area contributed by atoms with Crippen LogP contribution in [0.1, 0.15) is 16.1 Å². The first kappa shape index (κ1) is 11.9. The highest BCUT2D eigenvalue weighted by atomic mass is 16.5. The summed E-state index contributed by atoms with van der Waals surface area (Å²) in [7, 11) is 0. The van der Waals surface area contributed by atoms with E-state index in [1.807, 2.05) is 6.07 Å². The van der Waals surface area contributed by atoms with Crippen molar-refractivity contribution in [2.45, 2.75) is 0 Å². The van der Waals surface area contributed by atoms with Crippen molar-refractivity contribution in [3.63, 3.8) is 0 Å². The van der Waals surface area contributed by atoms with Gasteiger partial charge in [-0.25, -0.2) is 0 Å². The Morgan fingerprint density at radius 3 is 3.06 bits per heavy atom. The molecule has 0 aliphatic heterocycles. The number of benzene rings is 1. The Morgan fingerprint density at radius 1 is 1.44 bits per heavy atom. The molecule has 18 heavy (non-hydrogen) atoms. The molecule has 0 fully saturated rings. The van der Waals surface area contributed by atoms with Gasteiger partial charge in [0.25, 0.3) is 5.91 Å². The summed E-state index contributed by atoms with van der Waals surface area (Å²) < 4.78 is 4.76. The second-order valence-corrected chi connectivity index (χ2v) is 3.42. The summed E-state index contributed by atoms with van der Waals surface area (Å²) in [6.45, 7) is 0.300. The standard InChI is InChI=1S/C13H11N3O2/c14-7-2-4-10-3-1-5-11(9-10)16-13(17)12-6-8-15-18-12/h1,3,5-6,8-9H,7,14H2,(H,16,17). The first-order chi connectivity index (χ1) is 8.79. The molecule has 1 amide bonds. The van der Waals surface area contributed by atoms with Crippen LogP contribution in [0.3, 0.4) is 0 Å². The van der Waals surface area contributed by atoms with Gasteiger partial charge in [-0.15, -0.1) is 0 Å². The summed E-state index contributed by atoms with van der Waals surface area (Å²) in [4.78, 5) is 11.7. The van der Waals surface area contributed by atoms with Crippen LogP contribution in [0, 0.1) is 11.8 Å². The predicted octanol–water partition coefficient (Wildman–Crippen LogP) is 1.24. The molecule has 0 spiro atoms. The summed E-state index contributed by atoms with van der Waals surface area (Å²) in [5, 5.41) is 6.16. The zero-order valence-electron chi connectivity index (χ0n) is 9.51. The van der Waals surface area contributed by atoms with E-state index in [-0.39, 0.29) is 11.7 Å². The quantitative estimate of drug-likeness (QED) is 0.775. The fourth-order valence-corrected chi connectivity index (χ4v) is 1.35. The molecule has 0 saturated heterocycles. The lowest BCUT2D eigenvalue weighted by Gasteiger charge is -2.02. The second kappa shape index (κ2) is 5.66. The van der Waals surface area contributed by atoms with Crippen molar-refractivity contribution in [2.75, 3.05) is 11.9 Å². The largest absolute Gasteiger partial charge is 0.351 e. The molecule has 3 N–H and O–H groups in total. The summed E-state index contributed by atoms with van der Waals surface area (Å²) >= 11 is 0. The summed E-state index contributed by atoms with van der Waals surface area (Å²) in [5.74, 6) is 5.45. The third kappa shape index (κ3) is 2.97. The number of hydrogen-bond donors (Lipinski definition) is 2. The van der Waals surface area contributed by atoms with Gasteiger partial charge in [-0.1, -0.05) is 23.1 Å². The molecule has 1 aromatic heterocycles. The number of carbonyl (C=O) groups excluding carboxylic acids is 1. The van der Waals surface area contributed by atoms with Crippen LogP contribution in [-0.4, -0.2) is 17.6 Å². The number of nitrogens with two attached hydrogens (primary N) is 1. The van der Waals surface area contributed by atoms with Crippen molar-refractivity contribution in [3.05, 3.63) is 47.9 Å². The normalized spacial score (nSPS) is 9.39. The van der Waals surface area contributed by atoms with Gasteiger partial charge in [0.1, 0.15) is 0 Å². The van der Waals surface area contributed by atoms with Crippen molar-refractivity contribution in [1.29, 1.82) is 0 Å². The number of amides is 1. The van der Waals surface area contributed by atoms with Crippen molar-refractivity contribution in [1.82, 2.24) is 5.16 Å². The highest BCUT2D eigenvalue weighted by Crippen LogP contribution is 2.11. The van der Waals surface area contributed by atoms with Gasteiger partial charge >= 0.3 is 0 Å². The number of nitrogens with zero attached hydrogens (tertiary/aromatic N) is 1. The van der Waals surface area contributed by atoms with Crippen LogP contribution in [0.15, 0.2) is 41.1 Å². The van der Waals surface area contributed by atoms with E-state index in [1.165, 1.54) is 12.3 Å². The van der Waals surface area contributed by atoms with Crippen molar-refractivity contribution in [2.24, 2.45) is 5.73 Å². The second-order valence-electron chi connectivity index (χ2n) is 3.42. The highest BCUT2D eigenvalue weighted by Gasteiger charge is 2.09. The monoisotopic (exact) mass is 241 g/mol. The van der Waals surface area contributed by atoms with Gasteiger partial charge in [0.2, 0.25) is 5.76 Å². The minimum atomic E-state index is -0.351. The molecule has 5 nitrogen and oxygen atoms in total. The molecule has 1 aromatic carbocycles. The van der Waals surface area contributed by atoms with Crippen LogP contribution in [0.25, 0.3) is 0 Å². The Balaban J connectivity index is 2.12. The topological polar surface area (TPSA) is 81.1 Å². The Labute approximate surface area is 104 Å².